The summed E-state index contributed by atoms with van der Waals surface area (Å²) < 4.78 is 0. The molecule has 4 aliphatic carbocycles. The first kappa shape index (κ1) is 36.6. The standard InChI is InChI=1S/C43H52N4O3S2/c1-4-8-32-10-12-37(51-32)38-13-14-39(52-38)40(50)34-11-9-28-24-43(34)19-15-30(25-43)42(17-6-5-7-18-42)20-16-33-29(22-35(28)47-41(44)45-3)21-31(49)23-36(33)46-26-27(2)48/h10,12-14,21,23,27-28,30,34-35,46,48-49H,5-7,9,11,15,17-19,22,24-26H2,1-3H3,(H3,44,45,47)/t27-,28-,30+,34-,35-,43-/m0/s1. The lowest BCUT2D eigenvalue weighted by Gasteiger charge is -2.48. The number of Topliss-reactive ketones (excluding diaryl/α,β-unsaturated/α-hetero) is 1. The SMILES string of the molecule is CC#Cc1ccc(-c2ccc(C(=O)[C@@H]3CC[C@H]4C[C@]35CC[C@H](C5)C3(C#Cc5c(cc(O)cc5NC[C@H](C)O)C[C@@H]4NC(N)=NC)CCCCC3)s2)s1. The van der Waals surface area contributed by atoms with Crippen molar-refractivity contribution >= 4 is 40.1 Å². The molecule has 0 amide bonds. The Morgan fingerprint density at radius 1 is 1.08 bits per heavy atom. The van der Waals surface area contributed by atoms with E-state index in [0.717, 1.165) is 87.7 Å². The Morgan fingerprint density at radius 3 is 2.63 bits per heavy atom. The number of nitrogens with zero attached hydrogens (tertiary/aromatic N) is 1. The summed E-state index contributed by atoms with van der Waals surface area (Å²) in [5, 5.41) is 28.1. The first-order valence-corrected chi connectivity index (χ1v) is 20.7. The van der Waals surface area contributed by atoms with Gasteiger partial charge in [-0.1, -0.05) is 37.0 Å². The average Bonchev–Trinajstić information content (AvgIpc) is 3.91. The third-order valence-corrected chi connectivity index (χ3v) is 14.8. The molecule has 0 saturated heterocycles. The molecule has 0 unspecified atom stereocenters. The summed E-state index contributed by atoms with van der Waals surface area (Å²) in [5.41, 5.74) is 8.78. The molecule has 3 fully saturated rings. The summed E-state index contributed by atoms with van der Waals surface area (Å²) in [6.07, 6.45) is 11.6. The van der Waals surface area contributed by atoms with Crippen molar-refractivity contribution < 1.29 is 15.0 Å². The Labute approximate surface area is 316 Å². The van der Waals surface area contributed by atoms with E-state index in [1.807, 2.05) is 13.0 Å². The number of carbonyl (C=O) groups is 1. The number of benzene rings is 1. The molecule has 9 heteroatoms. The number of hydrogen-bond acceptors (Lipinski definition) is 7. The Morgan fingerprint density at radius 2 is 1.87 bits per heavy atom. The maximum Gasteiger partial charge on any atom is 0.188 e. The first-order valence-electron chi connectivity index (χ1n) is 19.1. The fourth-order valence-electron chi connectivity index (χ4n) is 9.99. The molecule has 2 heterocycles. The van der Waals surface area contributed by atoms with Gasteiger partial charge in [-0.3, -0.25) is 9.79 Å². The Hall–Kier alpha value is -3.76. The Bertz CT molecular complexity index is 1950. The molecule has 1 aromatic carbocycles. The summed E-state index contributed by atoms with van der Waals surface area (Å²) >= 11 is 3.31. The van der Waals surface area contributed by atoms with Gasteiger partial charge >= 0.3 is 0 Å². The van der Waals surface area contributed by atoms with Crippen LogP contribution in [0.5, 0.6) is 5.75 Å². The zero-order chi connectivity index (χ0) is 36.5. The van der Waals surface area contributed by atoms with E-state index in [2.05, 4.69) is 63.6 Å². The highest BCUT2D eigenvalue weighted by molar-refractivity contribution is 7.23. The van der Waals surface area contributed by atoms with Crippen LogP contribution in [0.1, 0.15) is 110 Å². The van der Waals surface area contributed by atoms with Gasteiger partial charge in [-0.2, -0.15) is 0 Å². The van der Waals surface area contributed by atoms with Crippen molar-refractivity contribution in [3.05, 3.63) is 57.3 Å². The van der Waals surface area contributed by atoms with Gasteiger partial charge in [-0.05, 0) is 125 Å². The smallest absolute Gasteiger partial charge is 0.188 e. The van der Waals surface area contributed by atoms with Gasteiger partial charge in [0.25, 0.3) is 0 Å². The number of phenols is 1. The predicted molar refractivity (Wildman–Crippen MR) is 214 cm³/mol. The van der Waals surface area contributed by atoms with Crippen LogP contribution >= 0.6 is 22.7 Å². The monoisotopic (exact) mass is 736 g/mol. The molecular formula is C43H52N4O3S2. The molecule has 2 spiro atoms. The molecule has 3 saturated carbocycles. The minimum atomic E-state index is -0.550. The predicted octanol–water partition coefficient (Wildman–Crippen LogP) is 8.19. The summed E-state index contributed by atoms with van der Waals surface area (Å²) in [6, 6.07) is 11.9. The number of aromatic hydroxyl groups is 1. The van der Waals surface area contributed by atoms with E-state index in [1.54, 1.807) is 42.7 Å². The van der Waals surface area contributed by atoms with E-state index in [-0.39, 0.29) is 34.5 Å². The number of nitrogens with one attached hydrogen (secondary N) is 2. The lowest BCUT2D eigenvalue weighted by atomic mass is 9.57. The maximum absolute atomic E-state index is 14.8. The topological polar surface area (TPSA) is 120 Å². The van der Waals surface area contributed by atoms with Crippen LogP contribution in [-0.4, -0.2) is 47.7 Å². The number of aliphatic imine (C=N–C) groups is 1. The van der Waals surface area contributed by atoms with Crippen molar-refractivity contribution in [1.29, 1.82) is 0 Å². The summed E-state index contributed by atoms with van der Waals surface area (Å²) in [4.78, 5) is 23.3. The number of phenolic OH excluding ortho intramolecular Hbond substituents is 1. The molecule has 3 bridgehead atoms. The lowest BCUT2D eigenvalue weighted by molar-refractivity contribution is 0.0333. The second-order valence-electron chi connectivity index (χ2n) is 15.8. The number of anilines is 1. The summed E-state index contributed by atoms with van der Waals surface area (Å²) in [6.45, 7) is 3.97. The summed E-state index contributed by atoms with van der Waals surface area (Å²) in [5.74, 6) is 15.3. The van der Waals surface area contributed by atoms with E-state index in [9.17, 15) is 15.0 Å². The van der Waals surface area contributed by atoms with E-state index in [1.165, 1.54) is 19.3 Å². The van der Waals surface area contributed by atoms with Gasteiger partial charge in [0, 0.05) is 46.8 Å². The lowest BCUT2D eigenvalue weighted by Crippen LogP contribution is -2.50. The van der Waals surface area contributed by atoms with Crippen LogP contribution in [-0.2, 0) is 6.42 Å². The highest BCUT2D eigenvalue weighted by Crippen LogP contribution is 2.62. The first-order chi connectivity index (χ1) is 25.1. The molecule has 0 radical (unpaired) electrons. The molecule has 7 nitrogen and oxygen atoms in total. The van der Waals surface area contributed by atoms with Gasteiger partial charge < -0.3 is 26.6 Å². The van der Waals surface area contributed by atoms with E-state index < -0.39 is 6.10 Å². The largest absolute Gasteiger partial charge is 0.508 e. The number of aliphatic hydroxyl groups excluding tert-OH is 1. The molecule has 6 atom stereocenters. The minimum absolute atomic E-state index is 0.0351. The van der Waals surface area contributed by atoms with Crippen molar-refractivity contribution in [3.63, 3.8) is 0 Å². The molecular weight excluding hydrogens is 685 g/mol. The number of thiophene rings is 2. The van der Waals surface area contributed by atoms with Gasteiger partial charge in [-0.15, -0.1) is 28.6 Å². The zero-order valence-electron chi connectivity index (χ0n) is 30.7. The van der Waals surface area contributed by atoms with Gasteiger partial charge in [0.1, 0.15) is 5.75 Å². The highest BCUT2D eigenvalue weighted by Gasteiger charge is 2.56. The average molecular weight is 737 g/mol. The summed E-state index contributed by atoms with van der Waals surface area (Å²) in [7, 11) is 1.70. The minimum Gasteiger partial charge on any atom is -0.508 e. The fourth-order valence-corrected chi connectivity index (χ4v) is 12.0. The van der Waals surface area contributed by atoms with Crippen LogP contribution in [0.2, 0.25) is 0 Å². The Balaban J connectivity index is 1.30. The highest BCUT2D eigenvalue weighted by atomic mass is 32.1. The van der Waals surface area contributed by atoms with E-state index >= 15 is 0 Å². The maximum atomic E-state index is 14.8. The second-order valence-corrected chi connectivity index (χ2v) is 17.9. The molecule has 4 aliphatic rings. The number of carbonyl (C=O) groups excluding carboxylic acids is 1. The Kier molecular flexibility index (Phi) is 10.8. The molecule has 52 heavy (non-hydrogen) atoms. The van der Waals surface area contributed by atoms with Gasteiger partial charge in [0.2, 0.25) is 0 Å². The molecule has 3 aromatic rings. The number of hydrogen-bond donors (Lipinski definition) is 5. The number of guanidine groups is 1. The normalized spacial score (nSPS) is 27.1. The van der Waals surface area contributed by atoms with Gasteiger partial charge in [0.15, 0.2) is 11.7 Å². The number of rotatable bonds is 7. The van der Waals surface area contributed by atoms with Crippen LogP contribution in [0.25, 0.3) is 9.75 Å². The van der Waals surface area contributed by atoms with Crippen LogP contribution in [0.4, 0.5) is 5.69 Å². The number of ketones is 1. The number of aliphatic hydroxyl groups is 1. The molecule has 0 aliphatic heterocycles. The molecule has 2 aromatic heterocycles. The van der Waals surface area contributed by atoms with Crippen LogP contribution < -0.4 is 16.4 Å². The van der Waals surface area contributed by atoms with Crippen molar-refractivity contribution in [2.24, 2.45) is 39.3 Å². The van der Waals surface area contributed by atoms with E-state index in [0.29, 0.717) is 30.6 Å². The quantitative estimate of drug-likeness (QED) is 0.0723. The third kappa shape index (κ3) is 7.38. The van der Waals surface area contributed by atoms with Crippen molar-refractivity contribution in [3.8, 4) is 39.2 Å². The fraction of sp³-hybridized carbons (Fsp3) is 0.535. The third-order valence-electron chi connectivity index (χ3n) is 12.5. The van der Waals surface area contributed by atoms with E-state index in [4.69, 9.17) is 5.73 Å². The van der Waals surface area contributed by atoms with Crippen molar-refractivity contribution in [1.82, 2.24) is 5.32 Å². The number of nitrogens with two attached hydrogens (primary N) is 1. The van der Waals surface area contributed by atoms with Crippen molar-refractivity contribution in [2.75, 3.05) is 18.9 Å². The van der Waals surface area contributed by atoms with Gasteiger partial charge in [0.05, 0.1) is 27.1 Å². The van der Waals surface area contributed by atoms with Crippen LogP contribution in [0.15, 0.2) is 41.4 Å². The van der Waals surface area contributed by atoms with Crippen LogP contribution in [0, 0.1) is 52.3 Å². The van der Waals surface area contributed by atoms with Crippen molar-refractivity contribution in [2.45, 2.75) is 103 Å². The molecule has 6 N–H and O–H groups in total. The van der Waals surface area contributed by atoms with Crippen LogP contribution in [0.3, 0.4) is 0 Å². The van der Waals surface area contributed by atoms with Gasteiger partial charge in [-0.25, -0.2) is 0 Å². The zero-order valence-corrected chi connectivity index (χ0v) is 32.3. The number of fused-ring (bicyclic) bond motifs is 4. The molecule has 7 rings (SSSR count). The second kappa shape index (κ2) is 15.3. The molecule has 274 valence electrons.